The molecule has 0 bridgehead atoms. The number of amides is 1. The van der Waals surface area contributed by atoms with Gasteiger partial charge >= 0.3 is 5.97 Å². The first-order valence-electron chi connectivity index (χ1n) is 6.45. The lowest BCUT2D eigenvalue weighted by molar-refractivity contribution is -0.134. The van der Waals surface area contributed by atoms with E-state index in [1.54, 1.807) is 9.58 Å². The summed E-state index contributed by atoms with van der Waals surface area (Å²) in [6, 6.07) is 0. The van der Waals surface area contributed by atoms with Crippen molar-refractivity contribution < 1.29 is 14.7 Å². The molecule has 110 valence electrons. The summed E-state index contributed by atoms with van der Waals surface area (Å²) in [6.07, 6.45) is 0.459. The number of aromatic nitrogens is 2. The Balaban J connectivity index is 2.22. The predicted molar refractivity (Wildman–Crippen MR) is 81.4 cm³/mol. The number of carboxylic acids is 1. The molecule has 0 radical (unpaired) electrons. The summed E-state index contributed by atoms with van der Waals surface area (Å²) in [5, 5.41) is 13.5. The minimum absolute atomic E-state index is 0.0660. The summed E-state index contributed by atoms with van der Waals surface area (Å²) < 4.78 is 2.18. The Morgan fingerprint density at radius 2 is 2.00 bits per heavy atom. The van der Waals surface area contributed by atoms with Crippen LogP contribution in [0.2, 0.25) is 0 Å². The number of carbonyl (C=O) groups excluding carboxylic acids is 1. The second-order valence-corrected chi connectivity index (χ2v) is 7.22. The van der Waals surface area contributed by atoms with Gasteiger partial charge in [0.25, 0.3) is 0 Å². The summed E-state index contributed by atoms with van der Waals surface area (Å²) in [6.45, 7) is 7.51. The van der Waals surface area contributed by atoms with Crippen LogP contribution in [-0.4, -0.2) is 38.2 Å². The zero-order valence-electron chi connectivity index (χ0n) is 11.8. The Kier molecular flexibility index (Phi) is 4.08. The zero-order valence-corrected chi connectivity index (χ0v) is 14.0. The summed E-state index contributed by atoms with van der Waals surface area (Å²) in [7, 11) is 0. The van der Waals surface area contributed by atoms with Gasteiger partial charge in [-0.1, -0.05) is 20.8 Å². The van der Waals surface area contributed by atoms with Crippen LogP contribution in [0.3, 0.4) is 0 Å². The molecule has 0 atom stereocenters. The topological polar surface area (TPSA) is 75.4 Å². The smallest absolute Gasteiger partial charge is 0.340 e. The van der Waals surface area contributed by atoms with Crippen LogP contribution in [-0.2, 0) is 17.9 Å². The normalized spacial score (nSPS) is 15.1. The number of aromatic carboxylic acids is 1. The van der Waals surface area contributed by atoms with Gasteiger partial charge in [0, 0.05) is 13.0 Å². The van der Waals surface area contributed by atoms with E-state index >= 15 is 0 Å². The molecule has 1 aliphatic heterocycles. The van der Waals surface area contributed by atoms with Gasteiger partial charge < -0.3 is 10.0 Å². The molecule has 0 saturated heterocycles. The quantitative estimate of drug-likeness (QED) is 0.783. The van der Waals surface area contributed by atoms with Gasteiger partial charge in [-0.05, 0) is 28.0 Å². The highest BCUT2D eigenvalue weighted by Crippen LogP contribution is 2.25. The van der Waals surface area contributed by atoms with Crippen molar-refractivity contribution >= 4 is 34.5 Å². The molecular formula is C13H18IN3O3. The van der Waals surface area contributed by atoms with Crippen molar-refractivity contribution in [3.63, 3.8) is 0 Å². The first kappa shape index (κ1) is 15.3. The highest BCUT2D eigenvalue weighted by molar-refractivity contribution is 14.1. The number of hydrogen-bond acceptors (Lipinski definition) is 3. The highest BCUT2D eigenvalue weighted by atomic mass is 127. The van der Waals surface area contributed by atoms with E-state index in [-0.39, 0.29) is 16.9 Å². The molecule has 1 aromatic heterocycles. The van der Waals surface area contributed by atoms with E-state index in [0.717, 1.165) is 0 Å². The van der Waals surface area contributed by atoms with E-state index < -0.39 is 5.97 Å². The molecule has 6 nitrogen and oxygen atoms in total. The van der Waals surface area contributed by atoms with E-state index in [4.69, 9.17) is 0 Å². The van der Waals surface area contributed by atoms with Crippen molar-refractivity contribution in [2.75, 3.05) is 6.54 Å². The van der Waals surface area contributed by atoms with Crippen molar-refractivity contribution in [2.24, 2.45) is 5.41 Å². The number of nitrogens with zero attached hydrogens (tertiary/aromatic N) is 3. The van der Waals surface area contributed by atoms with E-state index in [1.807, 2.05) is 43.4 Å². The number of halogens is 1. The van der Waals surface area contributed by atoms with Gasteiger partial charge in [0.1, 0.15) is 9.26 Å². The molecule has 1 aromatic rings. The van der Waals surface area contributed by atoms with Crippen molar-refractivity contribution in [3.05, 3.63) is 15.0 Å². The molecule has 20 heavy (non-hydrogen) atoms. The summed E-state index contributed by atoms with van der Waals surface area (Å²) in [5.41, 5.74) is 0.771. The fourth-order valence-electron chi connectivity index (χ4n) is 2.28. The third-order valence-electron chi connectivity index (χ3n) is 3.19. The molecule has 2 heterocycles. The molecule has 1 aliphatic rings. The van der Waals surface area contributed by atoms with E-state index in [2.05, 4.69) is 5.10 Å². The zero-order chi connectivity index (χ0) is 15.1. The average molecular weight is 391 g/mol. The Morgan fingerprint density at radius 1 is 1.35 bits per heavy atom. The molecule has 0 unspecified atom stereocenters. The molecule has 7 heteroatoms. The van der Waals surface area contributed by atoms with Gasteiger partial charge in [-0.15, -0.1) is 0 Å². The van der Waals surface area contributed by atoms with Gasteiger partial charge in [-0.2, -0.15) is 5.10 Å². The maximum Gasteiger partial charge on any atom is 0.340 e. The molecule has 0 fully saturated rings. The molecule has 2 rings (SSSR count). The summed E-state index contributed by atoms with van der Waals surface area (Å²) >= 11 is 1.93. The first-order valence-corrected chi connectivity index (χ1v) is 7.53. The Bertz CT molecular complexity index is 560. The molecule has 0 aliphatic carbocycles. The molecule has 0 spiro atoms. The number of rotatable bonds is 2. The first-order chi connectivity index (χ1) is 9.19. The van der Waals surface area contributed by atoms with Crippen LogP contribution in [0.1, 0.15) is 43.2 Å². The van der Waals surface area contributed by atoms with Crippen molar-refractivity contribution in [1.82, 2.24) is 14.7 Å². The Hall–Kier alpha value is -1.12. The van der Waals surface area contributed by atoms with Crippen LogP contribution in [0.4, 0.5) is 0 Å². The monoisotopic (exact) mass is 391 g/mol. The van der Waals surface area contributed by atoms with E-state index in [9.17, 15) is 14.7 Å². The lowest BCUT2D eigenvalue weighted by Gasteiger charge is -2.30. The number of carboxylic acid groups (broad SMARTS) is 1. The van der Waals surface area contributed by atoms with E-state index in [1.165, 1.54) is 0 Å². The average Bonchev–Trinajstić information content (AvgIpc) is 2.61. The predicted octanol–water partition coefficient (Wildman–Crippen LogP) is 1.96. The SMILES string of the molecule is CC(C)(C)CC(=O)N1CCn2nc(I)c(C(=O)O)c2C1. The minimum atomic E-state index is -0.985. The molecule has 1 amide bonds. The lowest BCUT2D eigenvalue weighted by atomic mass is 9.91. The van der Waals surface area contributed by atoms with Crippen LogP contribution in [0.25, 0.3) is 0 Å². The Morgan fingerprint density at radius 3 is 2.55 bits per heavy atom. The molecule has 1 N–H and O–H groups in total. The van der Waals surface area contributed by atoms with Crippen LogP contribution in [0.15, 0.2) is 0 Å². The fourth-order valence-corrected chi connectivity index (χ4v) is 3.08. The van der Waals surface area contributed by atoms with Gasteiger partial charge in [0.05, 0.1) is 18.8 Å². The van der Waals surface area contributed by atoms with Gasteiger partial charge in [-0.3, -0.25) is 9.48 Å². The van der Waals surface area contributed by atoms with Crippen molar-refractivity contribution in [3.8, 4) is 0 Å². The largest absolute Gasteiger partial charge is 0.478 e. The minimum Gasteiger partial charge on any atom is -0.478 e. The summed E-state index contributed by atoms with van der Waals surface area (Å²) in [5.74, 6) is -0.919. The third kappa shape index (κ3) is 3.13. The van der Waals surface area contributed by atoms with Crippen LogP contribution in [0, 0.1) is 9.12 Å². The highest BCUT2D eigenvalue weighted by Gasteiger charge is 2.30. The maximum atomic E-state index is 12.3. The van der Waals surface area contributed by atoms with Crippen LogP contribution < -0.4 is 0 Å². The van der Waals surface area contributed by atoms with Crippen LogP contribution >= 0.6 is 22.6 Å². The number of fused-ring (bicyclic) bond motifs is 1. The van der Waals surface area contributed by atoms with Crippen molar-refractivity contribution in [1.29, 1.82) is 0 Å². The second-order valence-electron chi connectivity index (χ2n) is 6.19. The maximum absolute atomic E-state index is 12.3. The lowest BCUT2D eigenvalue weighted by Crippen LogP contribution is -2.40. The Labute approximate surface area is 131 Å². The van der Waals surface area contributed by atoms with E-state index in [0.29, 0.717) is 35.4 Å². The van der Waals surface area contributed by atoms with Crippen LogP contribution in [0.5, 0.6) is 0 Å². The number of hydrogen-bond donors (Lipinski definition) is 1. The number of carbonyl (C=O) groups is 2. The molecule has 0 saturated carbocycles. The summed E-state index contributed by atoms with van der Waals surface area (Å²) in [4.78, 5) is 25.3. The van der Waals surface area contributed by atoms with Gasteiger partial charge in [0.15, 0.2) is 0 Å². The van der Waals surface area contributed by atoms with Crippen molar-refractivity contribution in [2.45, 2.75) is 40.3 Å². The standard InChI is InChI=1S/C13H18IN3O3/c1-13(2,3)6-9(18)16-4-5-17-8(7-16)10(12(19)20)11(14)15-17/h4-7H2,1-3H3,(H,19,20). The second kappa shape index (κ2) is 5.34. The van der Waals surface area contributed by atoms with Gasteiger partial charge in [0.2, 0.25) is 5.91 Å². The third-order valence-corrected chi connectivity index (χ3v) is 3.94. The fraction of sp³-hybridized carbons (Fsp3) is 0.615. The van der Waals surface area contributed by atoms with Gasteiger partial charge in [-0.25, -0.2) is 4.79 Å². The molecule has 0 aromatic carbocycles. The molecular weight excluding hydrogens is 373 g/mol.